The van der Waals surface area contributed by atoms with Crippen molar-refractivity contribution in [3.63, 3.8) is 0 Å². The van der Waals surface area contributed by atoms with Crippen molar-refractivity contribution in [2.24, 2.45) is 0 Å². The smallest absolute Gasteiger partial charge is 0.254 e. The number of likely N-dealkylation sites (tertiary alicyclic amines) is 1. The summed E-state index contributed by atoms with van der Waals surface area (Å²) in [4.78, 5) is 15.0. The van der Waals surface area contributed by atoms with E-state index in [9.17, 15) is 4.79 Å². The maximum absolute atomic E-state index is 13.1. The molecule has 4 rings (SSSR count). The molecule has 0 saturated carbocycles. The van der Waals surface area contributed by atoms with Gasteiger partial charge in [0.1, 0.15) is 13.2 Å². The monoisotopic (exact) mass is 345 g/mol. The molecule has 2 aliphatic rings. The number of hydrogen-bond acceptors (Lipinski definition) is 5. The van der Waals surface area contributed by atoms with Gasteiger partial charge in [0.2, 0.25) is 5.75 Å². The predicted octanol–water partition coefficient (Wildman–Crippen LogP) is 3.51. The van der Waals surface area contributed by atoms with Gasteiger partial charge in [-0.3, -0.25) is 4.79 Å². The number of fused-ring (bicyclic) bond motifs is 1. The van der Waals surface area contributed by atoms with Crippen LogP contribution in [0.15, 0.2) is 29.0 Å². The summed E-state index contributed by atoms with van der Waals surface area (Å²) in [6.45, 7) is 1.74. The van der Waals surface area contributed by atoms with Crippen LogP contribution in [0, 0.1) is 0 Å². The highest BCUT2D eigenvalue weighted by Gasteiger charge is 2.32. The van der Waals surface area contributed by atoms with Crippen molar-refractivity contribution in [2.75, 3.05) is 26.9 Å². The van der Waals surface area contributed by atoms with E-state index < -0.39 is 0 Å². The lowest BCUT2D eigenvalue weighted by Gasteiger charge is -2.26. The summed E-state index contributed by atoms with van der Waals surface area (Å²) in [6.07, 6.45) is 2.03. The third-order valence-corrected chi connectivity index (χ3v) is 5.22. The van der Waals surface area contributed by atoms with Gasteiger partial charge in [-0.05, 0) is 47.4 Å². The van der Waals surface area contributed by atoms with E-state index in [1.807, 2.05) is 4.90 Å². The van der Waals surface area contributed by atoms with Crippen LogP contribution in [0.2, 0.25) is 0 Å². The van der Waals surface area contributed by atoms with Gasteiger partial charge in [-0.2, -0.15) is 11.3 Å². The van der Waals surface area contributed by atoms with Crippen LogP contribution in [-0.2, 0) is 0 Å². The highest BCUT2D eigenvalue weighted by atomic mass is 32.1. The topological polar surface area (TPSA) is 48.0 Å². The van der Waals surface area contributed by atoms with Gasteiger partial charge in [0.15, 0.2) is 11.5 Å². The first-order chi connectivity index (χ1) is 11.8. The van der Waals surface area contributed by atoms with Crippen molar-refractivity contribution in [3.05, 3.63) is 40.1 Å². The lowest BCUT2D eigenvalue weighted by atomic mass is 10.1. The van der Waals surface area contributed by atoms with Crippen LogP contribution in [0.1, 0.15) is 34.8 Å². The molecule has 3 heterocycles. The molecule has 1 amide bonds. The summed E-state index contributed by atoms with van der Waals surface area (Å²) in [7, 11) is 1.58. The second-order valence-electron chi connectivity index (χ2n) is 5.92. The molecule has 1 saturated heterocycles. The van der Waals surface area contributed by atoms with Gasteiger partial charge in [0, 0.05) is 12.1 Å². The van der Waals surface area contributed by atoms with Crippen molar-refractivity contribution in [1.29, 1.82) is 0 Å². The molecule has 6 heteroatoms. The Balaban J connectivity index is 1.67. The van der Waals surface area contributed by atoms with Gasteiger partial charge in [-0.25, -0.2) is 0 Å². The van der Waals surface area contributed by atoms with Crippen molar-refractivity contribution in [1.82, 2.24) is 4.90 Å². The van der Waals surface area contributed by atoms with Gasteiger partial charge in [0.05, 0.1) is 13.2 Å². The zero-order valence-corrected chi connectivity index (χ0v) is 14.3. The molecule has 0 bridgehead atoms. The molecule has 0 spiro atoms. The van der Waals surface area contributed by atoms with Crippen LogP contribution in [0.3, 0.4) is 0 Å². The van der Waals surface area contributed by atoms with Gasteiger partial charge in [-0.15, -0.1) is 0 Å². The largest absolute Gasteiger partial charge is 0.493 e. The molecular weight excluding hydrogens is 326 g/mol. The summed E-state index contributed by atoms with van der Waals surface area (Å²) in [5, 5.41) is 4.18. The number of ether oxygens (including phenoxy) is 3. The normalized spacial score (nSPS) is 19.4. The Labute approximate surface area is 144 Å². The minimum Gasteiger partial charge on any atom is -0.493 e. The van der Waals surface area contributed by atoms with Crippen molar-refractivity contribution in [2.45, 2.75) is 18.9 Å². The highest BCUT2D eigenvalue weighted by molar-refractivity contribution is 7.08. The van der Waals surface area contributed by atoms with E-state index in [1.54, 1.807) is 30.6 Å². The molecule has 126 valence electrons. The van der Waals surface area contributed by atoms with Gasteiger partial charge >= 0.3 is 0 Å². The molecule has 1 fully saturated rings. The number of benzene rings is 1. The van der Waals surface area contributed by atoms with E-state index in [0.29, 0.717) is 36.0 Å². The zero-order valence-electron chi connectivity index (χ0n) is 13.5. The number of hydrogen-bond donors (Lipinski definition) is 0. The summed E-state index contributed by atoms with van der Waals surface area (Å²) < 4.78 is 16.6. The molecule has 1 aromatic carbocycles. The Morgan fingerprint density at radius 1 is 1.33 bits per heavy atom. The molecule has 0 aliphatic carbocycles. The first kappa shape index (κ1) is 15.3. The van der Waals surface area contributed by atoms with E-state index in [0.717, 1.165) is 19.4 Å². The third-order valence-electron chi connectivity index (χ3n) is 4.52. The Kier molecular flexibility index (Phi) is 4.06. The maximum atomic E-state index is 13.1. The average Bonchev–Trinajstić information content (AvgIpc) is 3.30. The molecule has 0 N–H and O–H groups in total. The number of nitrogens with zero attached hydrogens (tertiary/aromatic N) is 1. The number of rotatable bonds is 3. The molecule has 0 unspecified atom stereocenters. The van der Waals surface area contributed by atoms with E-state index in [2.05, 4.69) is 16.8 Å². The molecule has 1 atom stereocenters. The fourth-order valence-corrected chi connectivity index (χ4v) is 4.09. The molecule has 0 radical (unpaired) electrons. The van der Waals surface area contributed by atoms with Gasteiger partial charge in [-0.1, -0.05) is 0 Å². The third kappa shape index (κ3) is 2.60. The Hall–Kier alpha value is -2.21. The number of carbonyl (C=O) groups is 1. The van der Waals surface area contributed by atoms with E-state index in [4.69, 9.17) is 14.2 Å². The summed E-state index contributed by atoms with van der Waals surface area (Å²) in [6, 6.07) is 5.77. The Bertz CT molecular complexity index is 726. The molecule has 5 nitrogen and oxygen atoms in total. The Morgan fingerprint density at radius 2 is 2.21 bits per heavy atom. The Morgan fingerprint density at radius 3 is 3.00 bits per heavy atom. The van der Waals surface area contributed by atoms with Gasteiger partial charge in [0.25, 0.3) is 5.91 Å². The lowest BCUT2D eigenvalue weighted by Crippen LogP contribution is -2.30. The second-order valence-corrected chi connectivity index (χ2v) is 6.70. The average molecular weight is 345 g/mol. The van der Waals surface area contributed by atoms with Crippen molar-refractivity contribution >= 4 is 17.2 Å². The van der Waals surface area contributed by atoms with Crippen LogP contribution in [-0.4, -0.2) is 37.7 Å². The number of carbonyl (C=O) groups excluding carboxylic acids is 1. The van der Waals surface area contributed by atoms with Crippen LogP contribution in [0.25, 0.3) is 0 Å². The fraction of sp³-hybridized carbons (Fsp3) is 0.389. The zero-order chi connectivity index (χ0) is 16.5. The summed E-state index contributed by atoms with van der Waals surface area (Å²) in [5.41, 5.74) is 1.80. The number of thiophene rings is 1. The summed E-state index contributed by atoms with van der Waals surface area (Å²) >= 11 is 1.67. The van der Waals surface area contributed by atoms with E-state index in [1.165, 1.54) is 5.56 Å². The first-order valence-corrected chi connectivity index (χ1v) is 9.03. The second kappa shape index (κ2) is 6.36. The van der Waals surface area contributed by atoms with E-state index >= 15 is 0 Å². The minimum absolute atomic E-state index is 0.0129. The quantitative estimate of drug-likeness (QED) is 0.854. The first-order valence-electron chi connectivity index (χ1n) is 8.08. The minimum atomic E-state index is 0.0129. The van der Waals surface area contributed by atoms with Crippen LogP contribution in [0.5, 0.6) is 17.2 Å². The van der Waals surface area contributed by atoms with Gasteiger partial charge < -0.3 is 19.1 Å². The maximum Gasteiger partial charge on any atom is 0.254 e. The number of methoxy groups -OCH3 is 1. The predicted molar refractivity (Wildman–Crippen MR) is 91.3 cm³/mol. The highest BCUT2D eigenvalue weighted by Crippen LogP contribution is 2.42. The molecule has 1 aromatic heterocycles. The molecule has 2 aromatic rings. The fourth-order valence-electron chi connectivity index (χ4n) is 3.38. The summed E-state index contributed by atoms with van der Waals surface area (Å²) in [5.74, 6) is 1.71. The van der Waals surface area contributed by atoms with Crippen LogP contribution in [0.4, 0.5) is 0 Å². The molecular formula is C18H19NO4S. The van der Waals surface area contributed by atoms with Crippen molar-refractivity contribution < 1.29 is 19.0 Å². The molecule has 24 heavy (non-hydrogen) atoms. The SMILES string of the molecule is COc1cc(C(=O)N2CCC[C@H]2c2ccsc2)cc2c1OCCO2. The standard InChI is InChI=1S/C18H19NO4S/c1-21-15-9-13(10-16-17(15)23-7-6-22-16)18(20)19-5-2-3-14(19)12-4-8-24-11-12/h4,8-11,14H,2-3,5-7H2,1H3/t14-/m0/s1. The van der Waals surface area contributed by atoms with Crippen LogP contribution < -0.4 is 14.2 Å². The van der Waals surface area contributed by atoms with E-state index in [-0.39, 0.29) is 11.9 Å². The number of amides is 1. The van der Waals surface area contributed by atoms with Crippen molar-refractivity contribution in [3.8, 4) is 17.2 Å². The van der Waals surface area contributed by atoms with Crippen LogP contribution >= 0.6 is 11.3 Å². The lowest BCUT2D eigenvalue weighted by molar-refractivity contribution is 0.0734. The molecule has 2 aliphatic heterocycles.